The van der Waals surface area contributed by atoms with Crippen LogP contribution in [0.1, 0.15) is 46.4 Å². The Hall–Kier alpha value is -6.00. The molecule has 1 atom stereocenters. The second-order valence-electron chi connectivity index (χ2n) is 14.5. The van der Waals surface area contributed by atoms with Gasteiger partial charge in [-0.25, -0.2) is 18.7 Å². The molecule has 14 nitrogen and oxygen atoms in total. The average Bonchev–Trinajstić information content (AvgIpc) is 3.76. The predicted octanol–water partition coefficient (Wildman–Crippen LogP) is 4.32. The lowest BCUT2D eigenvalue weighted by atomic mass is 10.00. The Bertz CT molecular complexity index is 2320. The van der Waals surface area contributed by atoms with Crippen molar-refractivity contribution in [3.63, 3.8) is 0 Å². The topological polar surface area (TPSA) is 152 Å². The molecule has 1 saturated heterocycles. The molecule has 0 aliphatic carbocycles. The number of aromatic nitrogens is 5. The minimum Gasteiger partial charge on any atom is -0.340 e. The van der Waals surface area contributed by atoms with E-state index in [-0.39, 0.29) is 57.5 Å². The summed E-state index contributed by atoms with van der Waals surface area (Å²) in [6, 6.07) is 12.4. The normalized spacial score (nSPS) is 13.5. The molecule has 0 spiro atoms. The van der Waals surface area contributed by atoms with Gasteiger partial charge in [0, 0.05) is 80.3 Å². The van der Waals surface area contributed by atoms with Gasteiger partial charge in [0.1, 0.15) is 12.4 Å². The van der Waals surface area contributed by atoms with Crippen LogP contribution >= 0.6 is 11.6 Å². The third kappa shape index (κ3) is 9.24. The number of anilines is 2. The highest BCUT2D eigenvalue weighted by atomic mass is 35.5. The molecule has 0 radical (unpaired) electrons. The van der Waals surface area contributed by atoms with Crippen molar-refractivity contribution < 1.29 is 32.9 Å². The Morgan fingerprint density at radius 2 is 1.62 bits per heavy atom. The van der Waals surface area contributed by atoms with Gasteiger partial charge in [0.05, 0.1) is 48.8 Å². The molecule has 0 bridgehead atoms. The number of benzene rings is 2. The molecule has 5 aromatic rings. The molecule has 1 fully saturated rings. The molecule has 4 heterocycles. The van der Waals surface area contributed by atoms with Crippen LogP contribution in [0.15, 0.2) is 67.1 Å². The van der Waals surface area contributed by atoms with Gasteiger partial charge in [0.15, 0.2) is 17.5 Å². The molecule has 3 aromatic heterocycles. The Balaban J connectivity index is 1.08. The monoisotopic (exact) mass is 815 g/mol. The number of carbonyl (C=O) groups excluding carboxylic acids is 4. The summed E-state index contributed by atoms with van der Waals surface area (Å²) in [6.07, 6.45) is 5.86. The highest BCUT2D eigenvalue weighted by Crippen LogP contribution is 2.33. The molecule has 1 aliphatic rings. The van der Waals surface area contributed by atoms with Crippen LogP contribution in [-0.4, -0.2) is 105 Å². The highest BCUT2D eigenvalue weighted by molar-refractivity contribution is 6.34. The van der Waals surface area contributed by atoms with Gasteiger partial charge >= 0.3 is 0 Å². The van der Waals surface area contributed by atoms with Gasteiger partial charge in [-0.05, 0) is 49.7 Å². The molecular formula is C41H46ClF2N10O4+. The van der Waals surface area contributed by atoms with E-state index in [1.807, 2.05) is 11.8 Å². The van der Waals surface area contributed by atoms with Crippen molar-refractivity contribution in [2.24, 2.45) is 13.0 Å². The lowest BCUT2D eigenvalue weighted by molar-refractivity contribution is -0.858. The van der Waals surface area contributed by atoms with Crippen LogP contribution in [0.5, 0.6) is 0 Å². The summed E-state index contributed by atoms with van der Waals surface area (Å²) < 4.78 is 34.1. The highest BCUT2D eigenvalue weighted by Gasteiger charge is 2.30. The van der Waals surface area contributed by atoms with Crippen LogP contribution in [0.2, 0.25) is 5.02 Å². The fourth-order valence-corrected chi connectivity index (χ4v) is 7.19. The molecule has 2 aromatic carbocycles. The van der Waals surface area contributed by atoms with Gasteiger partial charge in [0.25, 0.3) is 11.8 Å². The van der Waals surface area contributed by atoms with Crippen molar-refractivity contribution in [3.8, 4) is 22.4 Å². The van der Waals surface area contributed by atoms with E-state index >= 15 is 8.78 Å². The fourth-order valence-electron chi connectivity index (χ4n) is 6.93. The summed E-state index contributed by atoms with van der Waals surface area (Å²) in [4.78, 5) is 65.4. The summed E-state index contributed by atoms with van der Waals surface area (Å²) in [6.45, 7) is 6.02. The first-order valence-corrected chi connectivity index (χ1v) is 19.4. The molecule has 3 N–H and O–H groups in total. The lowest BCUT2D eigenvalue weighted by Crippen LogP contribution is -3.05. The molecule has 4 amide bonds. The number of quaternary nitrogens is 1. The quantitative estimate of drug-likeness (QED) is 0.160. The zero-order valence-corrected chi connectivity index (χ0v) is 33.7. The van der Waals surface area contributed by atoms with E-state index in [0.29, 0.717) is 48.9 Å². The number of nitrogens with zero attached hydrogens (tertiary/aromatic N) is 7. The second kappa shape index (κ2) is 18.1. The first-order chi connectivity index (χ1) is 27.7. The van der Waals surface area contributed by atoms with Gasteiger partial charge in [0.2, 0.25) is 11.8 Å². The van der Waals surface area contributed by atoms with Crippen molar-refractivity contribution in [1.29, 1.82) is 0 Å². The van der Waals surface area contributed by atoms with Crippen LogP contribution in [0.3, 0.4) is 0 Å². The number of hydrogen-bond acceptors (Lipinski definition) is 7. The Labute approximate surface area is 339 Å². The Morgan fingerprint density at radius 3 is 2.29 bits per heavy atom. The zero-order chi connectivity index (χ0) is 41.7. The van der Waals surface area contributed by atoms with Crippen molar-refractivity contribution in [3.05, 3.63) is 101 Å². The third-order valence-corrected chi connectivity index (χ3v) is 10.5. The Morgan fingerprint density at radius 1 is 0.914 bits per heavy atom. The summed E-state index contributed by atoms with van der Waals surface area (Å²) in [5, 5.41) is 9.79. The summed E-state index contributed by atoms with van der Waals surface area (Å²) in [5.41, 5.74) is 1.21. The second-order valence-corrected chi connectivity index (χ2v) is 14.9. The van der Waals surface area contributed by atoms with Crippen molar-refractivity contribution in [1.82, 2.24) is 34.1 Å². The van der Waals surface area contributed by atoms with Crippen LogP contribution in [0.25, 0.3) is 22.4 Å². The SMILES string of the molecule is CCC(CC[NH+](C)C)C(=O)N1CCN(C(=O)c2ccc(NC(=O)c3ncc(-c4ccc(-c5cn(CC(=O)Nc6ccccn6)nc5C)c(F)c4F)n3C)cc2Cl)CC1. The van der Waals surface area contributed by atoms with Crippen LogP contribution in [-0.2, 0) is 23.2 Å². The van der Waals surface area contributed by atoms with Crippen LogP contribution in [0.4, 0.5) is 20.3 Å². The predicted molar refractivity (Wildman–Crippen MR) is 215 cm³/mol. The van der Waals surface area contributed by atoms with E-state index in [1.165, 1.54) is 57.9 Å². The van der Waals surface area contributed by atoms with Crippen LogP contribution < -0.4 is 15.5 Å². The minimum absolute atomic E-state index is 0.0390. The Kier molecular flexibility index (Phi) is 13.0. The maximum Gasteiger partial charge on any atom is 0.291 e. The summed E-state index contributed by atoms with van der Waals surface area (Å²) in [5.74, 6) is -3.23. The molecule has 58 heavy (non-hydrogen) atoms. The number of halogens is 3. The summed E-state index contributed by atoms with van der Waals surface area (Å²) >= 11 is 6.55. The minimum atomic E-state index is -1.15. The number of amides is 4. The standard InChI is InChI=1S/C41H45ClF2N10O4/c1-6-26(14-16-50(3)4)40(57)52-17-19-53(20-18-52)41(58)29-11-10-27(21-32(29)42)47-39(56)38-46-22-33(51(38)5)30-13-12-28(36(43)37(30)44)31-23-54(49-25(31)2)24-35(55)48-34-9-7-8-15-45-34/h7-13,15,21-23,26H,6,14,16-20,24H2,1-5H3,(H,47,56)(H,45,48,55)/p+1. The van der Waals surface area contributed by atoms with E-state index in [2.05, 4.69) is 39.8 Å². The third-order valence-electron chi connectivity index (χ3n) is 10.2. The molecule has 6 rings (SSSR count). The molecule has 304 valence electrons. The van der Waals surface area contributed by atoms with E-state index in [0.717, 1.165) is 19.4 Å². The maximum absolute atomic E-state index is 15.7. The maximum atomic E-state index is 15.7. The summed E-state index contributed by atoms with van der Waals surface area (Å²) in [7, 11) is 5.64. The van der Waals surface area contributed by atoms with E-state index in [9.17, 15) is 19.2 Å². The number of rotatable bonds is 13. The van der Waals surface area contributed by atoms with Crippen molar-refractivity contribution >= 4 is 46.7 Å². The smallest absolute Gasteiger partial charge is 0.291 e. The number of pyridine rings is 1. The molecule has 17 heteroatoms. The van der Waals surface area contributed by atoms with Crippen LogP contribution in [0, 0.1) is 24.5 Å². The molecule has 1 unspecified atom stereocenters. The van der Waals surface area contributed by atoms with E-state index in [4.69, 9.17) is 11.6 Å². The number of piperazine rings is 1. The number of nitrogens with one attached hydrogen (secondary N) is 3. The molecule has 1 aliphatic heterocycles. The first-order valence-electron chi connectivity index (χ1n) is 19.0. The number of carbonyl (C=O) groups is 4. The fraction of sp³-hybridized carbons (Fsp3) is 0.341. The van der Waals surface area contributed by atoms with Gasteiger partial charge in [-0.1, -0.05) is 30.7 Å². The van der Waals surface area contributed by atoms with Gasteiger partial charge < -0.3 is 29.9 Å². The number of imidazole rings is 1. The molecule has 0 saturated carbocycles. The lowest BCUT2D eigenvalue weighted by Gasteiger charge is -2.36. The van der Waals surface area contributed by atoms with Crippen molar-refractivity contribution in [2.75, 3.05) is 57.5 Å². The van der Waals surface area contributed by atoms with Gasteiger partial charge in [-0.2, -0.15) is 5.10 Å². The van der Waals surface area contributed by atoms with E-state index in [1.54, 1.807) is 42.3 Å². The van der Waals surface area contributed by atoms with Gasteiger partial charge in [-0.3, -0.25) is 23.9 Å². The van der Waals surface area contributed by atoms with E-state index < -0.39 is 23.4 Å². The number of hydrogen-bond donors (Lipinski definition) is 3. The zero-order valence-electron chi connectivity index (χ0n) is 33.0. The van der Waals surface area contributed by atoms with Gasteiger partial charge in [-0.15, -0.1) is 0 Å². The van der Waals surface area contributed by atoms with Crippen molar-refractivity contribution in [2.45, 2.75) is 33.2 Å². The number of aryl methyl sites for hydroxylation is 1. The average molecular weight is 816 g/mol. The molecular weight excluding hydrogens is 770 g/mol. The first kappa shape index (κ1) is 41.6. The largest absolute Gasteiger partial charge is 0.340 e.